The van der Waals surface area contributed by atoms with Gasteiger partial charge in [0.25, 0.3) is 5.91 Å². The number of carbonyl (C=O) groups excluding carboxylic acids is 1. The van der Waals surface area contributed by atoms with Crippen molar-refractivity contribution in [1.29, 1.82) is 0 Å². The topological polar surface area (TPSA) is 66.5 Å². The Labute approximate surface area is 173 Å². The van der Waals surface area contributed by atoms with E-state index >= 15 is 0 Å². The second-order valence-corrected chi connectivity index (χ2v) is 9.62. The fourth-order valence-electron chi connectivity index (χ4n) is 5.00. The van der Waals surface area contributed by atoms with E-state index in [0.29, 0.717) is 37.9 Å². The molecule has 0 radical (unpaired) electrons. The van der Waals surface area contributed by atoms with Gasteiger partial charge in [0, 0.05) is 35.6 Å². The van der Waals surface area contributed by atoms with Crippen LogP contribution in [0.3, 0.4) is 0 Å². The number of pyridine rings is 1. The number of fused-ring (bicyclic) bond motifs is 1. The number of carbonyl (C=O) groups is 1. The quantitative estimate of drug-likeness (QED) is 0.832. The van der Waals surface area contributed by atoms with Gasteiger partial charge in [-0.15, -0.1) is 0 Å². The Kier molecular flexibility index (Phi) is 5.25. The van der Waals surface area contributed by atoms with Crippen LogP contribution in [0.15, 0.2) is 30.3 Å². The standard InChI is InChI=1S/C23H32N4O2/c1-22(2)14-16(15-23(3,4)26-22)24-20-13-18(17-7-5-6-8-19(17)25-20)21(28)27-9-11-29-12-10-27/h5-8,13,16,26H,9-12,14-15H2,1-4H3,(H,24,25). The minimum Gasteiger partial charge on any atom is -0.378 e. The highest BCUT2D eigenvalue weighted by Crippen LogP contribution is 2.31. The molecule has 6 heteroatoms. The number of para-hydroxylation sites is 1. The molecule has 2 aliphatic rings. The molecule has 1 aromatic carbocycles. The van der Waals surface area contributed by atoms with Crippen molar-refractivity contribution in [2.24, 2.45) is 0 Å². The maximum absolute atomic E-state index is 13.3. The second kappa shape index (κ2) is 7.58. The van der Waals surface area contributed by atoms with E-state index in [0.717, 1.165) is 29.6 Å². The highest BCUT2D eigenvalue weighted by atomic mass is 16.5. The number of aromatic nitrogens is 1. The third-order valence-corrected chi connectivity index (χ3v) is 5.79. The molecule has 0 unspecified atom stereocenters. The minimum absolute atomic E-state index is 0.0444. The van der Waals surface area contributed by atoms with Crippen LogP contribution in [0.2, 0.25) is 0 Å². The van der Waals surface area contributed by atoms with E-state index in [1.807, 2.05) is 35.2 Å². The lowest BCUT2D eigenvalue weighted by molar-refractivity contribution is 0.0304. The summed E-state index contributed by atoms with van der Waals surface area (Å²) < 4.78 is 5.41. The number of piperidine rings is 1. The van der Waals surface area contributed by atoms with Crippen molar-refractivity contribution < 1.29 is 9.53 Å². The highest BCUT2D eigenvalue weighted by molar-refractivity contribution is 6.07. The van der Waals surface area contributed by atoms with Crippen LogP contribution >= 0.6 is 0 Å². The lowest BCUT2D eigenvalue weighted by Crippen LogP contribution is -2.60. The summed E-state index contributed by atoms with van der Waals surface area (Å²) in [5.74, 6) is 0.833. The summed E-state index contributed by atoms with van der Waals surface area (Å²) >= 11 is 0. The lowest BCUT2D eigenvalue weighted by Gasteiger charge is -2.46. The molecule has 0 spiro atoms. The van der Waals surface area contributed by atoms with Gasteiger partial charge in [-0.05, 0) is 52.7 Å². The van der Waals surface area contributed by atoms with Crippen molar-refractivity contribution in [3.8, 4) is 0 Å². The Balaban J connectivity index is 1.66. The molecule has 1 aromatic heterocycles. The van der Waals surface area contributed by atoms with Gasteiger partial charge in [-0.3, -0.25) is 4.79 Å². The first-order valence-corrected chi connectivity index (χ1v) is 10.6. The number of rotatable bonds is 3. The number of nitrogens with one attached hydrogen (secondary N) is 2. The SMILES string of the molecule is CC1(C)CC(Nc2cc(C(=O)N3CCOCC3)c3ccccc3n2)CC(C)(C)N1. The number of benzene rings is 1. The van der Waals surface area contributed by atoms with E-state index in [4.69, 9.17) is 9.72 Å². The molecule has 1 amide bonds. The normalized spacial score (nSPS) is 21.9. The van der Waals surface area contributed by atoms with Crippen LogP contribution in [-0.4, -0.2) is 59.2 Å². The van der Waals surface area contributed by atoms with Crippen LogP contribution in [0, 0.1) is 0 Å². The number of nitrogens with zero attached hydrogens (tertiary/aromatic N) is 2. The van der Waals surface area contributed by atoms with Crippen LogP contribution in [0.5, 0.6) is 0 Å². The Bertz CT molecular complexity index is 887. The molecule has 0 atom stereocenters. The van der Waals surface area contributed by atoms with Gasteiger partial charge in [-0.25, -0.2) is 4.98 Å². The second-order valence-electron chi connectivity index (χ2n) is 9.62. The largest absolute Gasteiger partial charge is 0.378 e. The van der Waals surface area contributed by atoms with Gasteiger partial charge in [-0.2, -0.15) is 0 Å². The molecular formula is C23H32N4O2. The molecule has 29 heavy (non-hydrogen) atoms. The first kappa shape index (κ1) is 20.1. The minimum atomic E-state index is 0.0444. The molecular weight excluding hydrogens is 364 g/mol. The maximum Gasteiger partial charge on any atom is 0.254 e. The van der Waals surface area contributed by atoms with Gasteiger partial charge in [0.1, 0.15) is 5.82 Å². The smallest absolute Gasteiger partial charge is 0.254 e. The Hall–Kier alpha value is -2.18. The third kappa shape index (κ3) is 4.54. The highest BCUT2D eigenvalue weighted by Gasteiger charge is 2.37. The molecule has 2 aliphatic heterocycles. The predicted molar refractivity (Wildman–Crippen MR) is 116 cm³/mol. The van der Waals surface area contributed by atoms with Gasteiger partial charge < -0.3 is 20.3 Å². The van der Waals surface area contributed by atoms with Crippen LogP contribution in [0.1, 0.15) is 50.9 Å². The molecule has 2 N–H and O–H groups in total. The zero-order valence-corrected chi connectivity index (χ0v) is 17.9. The fourth-order valence-corrected chi connectivity index (χ4v) is 5.00. The van der Waals surface area contributed by atoms with Crippen LogP contribution in [0.25, 0.3) is 10.9 Å². The van der Waals surface area contributed by atoms with Crippen molar-refractivity contribution in [3.05, 3.63) is 35.9 Å². The van der Waals surface area contributed by atoms with Crippen LogP contribution in [0.4, 0.5) is 5.82 Å². The predicted octanol–water partition coefficient (Wildman–Crippen LogP) is 3.43. The van der Waals surface area contributed by atoms with Gasteiger partial charge in [0.15, 0.2) is 0 Å². The van der Waals surface area contributed by atoms with Crippen molar-refractivity contribution >= 4 is 22.6 Å². The summed E-state index contributed by atoms with van der Waals surface area (Å²) in [6, 6.07) is 10.1. The number of ether oxygens (including phenoxy) is 1. The van der Waals surface area contributed by atoms with E-state index < -0.39 is 0 Å². The van der Waals surface area contributed by atoms with E-state index in [-0.39, 0.29) is 17.0 Å². The van der Waals surface area contributed by atoms with E-state index in [1.54, 1.807) is 0 Å². The average molecular weight is 397 g/mol. The number of hydrogen-bond donors (Lipinski definition) is 2. The number of amides is 1. The molecule has 4 rings (SSSR count). The molecule has 2 saturated heterocycles. The Morgan fingerprint density at radius 1 is 1.14 bits per heavy atom. The first-order chi connectivity index (χ1) is 13.7. The van der Waals surface area contributed by atoms with Crippen molar-refractivity contribution in [2.75, 3.05) is 31.6 Å². The number of hydrogen-bond acceptors (Lipinski definition) is 5. The molecule has 3 heterocycles. The summed E-state index contributed by atoms with van der Waals surface area (Å²) in [6.45, 7) is 11.4. The van der Waals surface area contributed by atoms with Gasteiger partial charge in [0.05, 0.1) is 24.3 Å². The maximum atomic E-state index is 13.3. The van der Waals surface area contributed by atoms with E-state index in [1.165, 1.54) is 0 Å². The van der Waals surface area contributed by atoms with Crippen LogP contribution in [-0.2, 0) is 4.74 Å². The zero-order chi connectivity index (χ0) is 20.6. The average Bonchev–Trinajstić information content (AvgIpc) is 2.65. The third-order valence-electron chi connectivity index (χ3n) is 5.79. The van der Waals surface area contributed by atoms with Gasteiger partial charge >= 0.3 is 0 Å². The fraction of sp³-hybridized carbons (Fsp3) is 0.565. The van der Waals surface area contributed by atoms with Crippen LogP contribution < -0.4 is 10.6 Å². The summed E-state index contributed by atoms with van der Waals surface area (Å²) in [5.41, 5.74) is 1.65. The molecule has 0 bridgehead atoms. The Morgan fingerprint density at radius 2 is 1.79 bits per heavy atom. The van der Waals surface area contributed by atoms with Crippen molar-refractivity contribution in [3.63, 3.8) is 0 Å². The molecule has 0 aliphatic carbocycles. The molecule has 2 fully saturated rings. The summed E-state index contributed by atoms with van der Waals surface area (Å²) in [6.07, 6.45) is 2.00. The summed E-state index contributed by atoms with van der Waals surface area (Å²) in [5, 5.41) is 8.26. The lowest BCUT2D eigenvalue weighted by atomic mass is 9.79. The summed E-state index contributed by atoms with van der Waals surface area (Å²) in [7, 11) is 0. The van der Waals surface area contributed by atoms with Gasteiger partial charge in [-0.1, -0.05) is 18.2 Å². The van der Waals surface area contributed by atoms with E-state index in [9.17, 15) is 4.79 Å². The molecule has 2 aromatic rings. The van der Waals surface area contributed by atoms with Crippen molar-refractivity contribution in [2.45, 2.75) is 57.7 Å². The Morgan fingerprint density at radius 3 is 2.48 bits per heavy atom. The number of morpholine rings is 1. The van der Waals surface area contributed by atoms with E-state index in [2.05, 4.69) is 38.3 Å². The summed E-state index contributed by atoms with van der Waals surface area (Å²) in [4.78, 5) is 20.0. The molecule has 156 valence electrons. The number of anilines is 1. The van der Waals surface area contributed by atoms with Gasteiger partial charge in [0.2, 0.25) is 0 Å². The zero-order valence-electron chi connectivity index (χ0n) is 17.9. The first-order valence-electron chi connectivity index (χ1n) is 10.6. The molecule has 6 nitrogen and oxygen atoms in total. The monoisotopic (exact) mass is 396 g/mol. The molecule has 0 saturated carbocycles. The van der Waals surface area contributed by atoms with Crippen molar-refractivity contribution in [1.82, 2.24) is 15.2 Å².